The summed E-state index contributed by atoms with van der Waals surface area (Å²) < 4.78 is 19.5. The van der Waals surface area contributed by atoms with Crippen LogP contribution in [0.3, 0.4) is 0 Å². The van der Waals surface area contributed by atoms with Crippen molar-refractivity contribution in [2.45, 2.75) is 50.2 Å². The highest BCUT2D eigenvalue weighted by molar-refractivity contribution is 5.45. The summed E-state index contributed by atoms with van der Waals surface area (Å²) in [7, 11) is 0. The minimum Gasteiger partial charge on any atom is -0.493 e. The van der Waals surface area contributed by atoms with E-state index in [1.165, 1.54) is 17.2 Å². The van der Waals surface area contributed by atoms with E-state index in [0.29, 0.717) is 5.92 Å². The number of halogens is 1. The fraction of sp³-hybridized carbons (Fsp3) is 0.478. The van der Waals surface area contributed by atoms with Gasteiger partial charge in [0.05, 0.1) is 12.7 Å². The van der Waals surface area contributed by atoms with Crippen LogP contribution in [-0.2, 0) is 12.8 Å². The van der Waals surface area contributed by atoms with Crippen molar-refractivity contribution in [3.8, 4) is 5.75 Å². The zero-order valence-electron chi connectivity index (χ0n) is 15.5. The number of fused-ring (bicyclic) bond motifs is 2. The van der Waals surface area contributed by atoms with Gasteiger partial charge >= 0.3 is 0 Å². The molecule has 2 atom stereocenters. The van der Waals surface area contributed by atoms with Crippen LogP contribution in [0.4, 0.5) is 4.39 Å². The predicted octanol–water partition coefficient (Wildman–Crippen LogP) is 3.99. The molecule has 3 nitrogen and oxygen atoms in total. The van der Waals surface area contributed by atoms with Gasteiger partial charge in [-0.2, -0.15) is 0 Å². The average Bonchev–Trinajstić information content (AvgIpc) is 3.03. The van der Waals surface area contributed by atoms with Crippen molar-refractivity contribution in [2.24, 2.45) is 0 Å². The fourth-order valence-corrected chi connectivity index (χ4v) is 5.19. The largest absolute Gasteiger partial charge is 0.493 e. The van der Waals surface area contributed by atoms with Gasteiger partial charge in [-0.25, -0.2) is 4.39 Å². The Morgan fingerprint density at radius 1 is 1.04 bits per heavy atom. The Morgan fingerprint density at radius 3 is 2.74 bits per heavy atom. The summed E-state index contributed by atoms with van der Waals surface area (Å²) in [4.78, 5) is 2.40. The molecule has 0 amide bonds. The molecule has 27 heavy (non-hydrogen) atoms. The minimum absolute atomic E-state index is 0.0729. The molecule has 3 aliphatic rings. The Labute approximate surface area is 159 Å². The van der Waals surface area contributed by atoms with Crippen molar-refractivity contribution in [1.29, 1.82) is 0 Å². The lowest BCUT2D eigenvalue weighted by Crippen LogP contribution is -2.43. The van der Waals surface area contributed by atoms with E-state index in [4.69, 9.17) is 4.74 Å². The Balaban J connectivity index is 1.29. The molecule has 0 aromatic heterocycles. The van der Waals surface area contributed by atoms with Gasteiger partial charge in [0.15, 0.2) is 0 Å². The van der Waals surface area contributed by atoms with E-state index >= 15 is 0 Å². The minimum atomic E-state index is -0.509. The van der Waals surface area contributed by atoms with E-state index in [1.54, 1.807) is 12.1 Å². The third-order valence-corrected chi connectivity index (χ3v) is 6.62. The highest BCUT2D eigenvalue weighted by atomic mass is 19.1. The van der Waals surface area contributed by atoms with Crippen LogP contribution in [0, 0.1) is 5.82 Å². The highest BCUT2D eigenvalue weighted by Gasteiger charge is 2.37. The predicted molar refractivity (Wildman–Crippen MR) is 103 cm³/mol. The fourth-order valence-electron chi connectivity index (χ4n) is 5.19. The van der Waals surface area contributed by atoms with E-state index in [-0.39, 0.29) is 11.9 Å². The molecule has 0 unspecified atom stereocenters. The summed E-state index contributed by atoms with van der Waals surface area (Å²) in [5.74, 6) is 1.44. The van der Waals surface area contributed by atoms with Crippen LogP contribution in [0.25, 0.3) is 0 Å². The second-order valence-corrected chi connectivity index (χ2v) is 8.16. The van der Waals surface area contributed by atoms with Crippen molar-refractivity contribution in [2.75, 3.05) is 19.7 Å². The first-order valence-corrected chi connectivity index (χ1v) is 10.2. The lowest BCUT2D eigenvalue weighted by atomic mass is 9.86. The van der Waals surface area contributed by atoms with Crippen LogP contribution < -0.4 is 4.74 Å². The Bertz CT molecular complexity index is 844. The van der Waals surface area contributed by atoms with Gasteiger partial charge < -0.3 is 9.84 Å². The van der Waals surface area contributed by atoms with Crippen LogP contribution in [-0.4, -0.2) is 35.7 Å². The number of aryl methyl sites for hydroxylation is 1. The van der Waals surface area contributed by atoms with Crippen LogP contribution in [0.5, 0.6) is 5.75 Å². The van der Waals surface area contributed by atoms with Gasteiger partial charge in [0.2, 0.25) is 0 Å². The van der Waals surface area contributed by atoms with E-state index in [2.05, 4.69) is 23.1 Å². The first-order chi connectivity index (χ1) is 13.2. The lowest BCUT2D eigenvalue weighted by Gasteiger charge is -2.38. The smallest absolute Gasteiger partial charge is 0.125 e. The zero-order valence-corrected chi connectivity index (χ0v) is 15.5. The zero-order chi connectivity index (χ0) is 18.4. The molecule has 2 heterocycles. The standard InChI is InChI=1S/C23H26FNO2/c24-18-6-7-19-17(13-18)14-21(22(19)26)25-10-8-15(9-11-25)20-5-1-3-16-4-2-12-27-23(16)20/h1,3,5-7,13,15,21-22,26H,2,4,8-12,14H2/t21-,22-/m0/s1. The molecule has 1 N–H and O–H groups in total. The Hall–Kier alpha value is -1.91. The van der Waals surface area contributed by atoms with E-state index in [9.17, 15) is 9.50 Å². The first kappa shape index (κ1) is 17.2. The number of benzene rings is 2. The van der Waals surface area contributed by atoms with Crippen molar-refractivity contribution < 1.29 is 14.2 Å². The van der Waals surface area contributed by atoms with Gasteiger partial charge in [-0.15, -0.1) is 0 Å². The van der Waals surface area contributed by atoms with Crippen molar-refractivity contribution in [1.82, 2.24) is 4.90 Å². The molecule has 1 aliphatic carbocycles. The number of hydrogen-bond acceptors (Lipinski definition) is 3. The SMILES string of the molecule is O[C@H]1c2ccc(F)cc2C[C@@H]1N1CCC(c2cccc3c2OCCC3)CC1. The van der Waals surface area contributed by atoms with E-state index < -0.39 is 6.10 Å². The maximum absolute atomic E-state index is 13.5. The number of aliphatic hydroxyl groups is 1. The van der Waals surface area contributed by atoms with Gasteiger partial charge in [-0.05, 0) is 85.5 Å². The third kappa shape index (κ3) is 3.05. The number of rotatable bonds is 2. The number of piperidine rings is 1. The number of nitrogens with zero attached hydrogens (tertiary/aromatic N) is 1. The average molecular weight is 367 g/mol. The van der Waals surface area contributed by atoms with Crippen LogP contribution >= 0.6 is 0 Å². The lowest BCUT2D eigenvalue weighted by molar-refractivity contribution is 0.0455. The highest BCUT2D eigenvalue weighted by Crippen LogP contribution is 2.41. The number of hydrogen-bond donors (Lipinski definition) is 1. The monoisotopic (exact) mass is 367 g/mol. The van der Waals surface area contributed by atoms with Crippen molar-refractivity contribution in [3.63, 3.8) is 0 Å². The molecular weight excluding hydrogens is 341 g/mol. The van der Waals surface area contributed by atoms with E-state index in [1.807, 2.05) is 0 Å². The molecule has 4 heteroatoms. The molecule has 0 saturated carbocycles. The maximum Gasteiger partial charge on any atom is 0.125 e. The second kappa shape index (κ2) is 6.92. The first-order valence-electron chi connectivity index (χ1n) is 10.2. The summed E-state index contributed by atoms with van der Waals surface area (Å²) >= 11 is 0. The van der Waals surface area contributed by atoms with Crippen molar-refractivity contribution in [3.05, 3.63) is 64.5 Å². The van der Waals surface area contributed by atoms with Gasteiger partial charge in [-0.1, -0.05) is 24.3 Å². The summed E-state index contributed by atoms with van der Waals surface area (Å²) in [6.07, 6.45) is 4.61. The van der Waals surface area contributed by atoms with Crippen LogP contribution in [0.2, 0.25) is 0 Å². The molecular formula is C23H26FNO2. The summed E-state index contributed by atoms with van der Waals surface area (Å²) in [5.41, 5.74) is 4.57. The van der Waals surface area contributed by atoms with Crippen LogP contribution in [0.1, 0.15) is 53.5 Å². The Kier molecular flexibility index (Phi) is 4.41. The van der Waals surface area contributed by atoms with E-state index in [0.717, 1.165) is 68.7 Å². The number of likely N-dealkylation sites (tertiary alicyclic amines) is 1. The van der Waals surface area contributed by atoms with Gasteiger partial charge in [-0.3, -0.25) is 4.90 Å². The second-order valence-electron chi connectivity index (χ2n) is 8.16. The molecule has 2 aliphatic heterocycles. The summed E-state index contributed by atoms with van der Waals surface area (Å²) in [6, 6.07) is 11.4. The molecule has 1 fully saturated rings. The third-order valence-electron chi connectivity index (χ3n) is 6.62. The molecule has 0 bridgehead atoms. The molecule has 5 rings (SSSR count). The topological polar surface area (TPSA) is 32.7 Å². The number of aliphatic hydroxyl groups excluding tert-OH is 1. The normalized spacial score (nSPS) is 25.7. The quantitative estimate of drug-likeness (QED) is 0.871. The summed E-state index contributed by atoms with van der Waals surface area (Å²) in [5, 5.41) is 10.7. The number of ether oxygens (including phenoxy) is 1. The van der Waals surface area contributed by atoms with Gasteiger partial charge in [0.25, 0.3) is 0 Å². The number of para-hydroxylation sites is 1. The van der Waals surface area contributed by atoms with Crippen molar-refractivity contribution >= 4 is 0 Å². The van der Waals surface area contributed by atoms with Gasteiger partial charge in [0, 0.05) is 6.04 Å². The molecule has 0 radical (unpaired) electrons. The Morgan fingerprint density at radius 2 is 1.89 bits per heavy atom. The molecule has 142 valence electrons. The molecule has 1 saturated heterocycles. The van der Waals surface area contributed by atoms with Gasteiger partial charge in [0.1, 0.15) is 11.6 Å². The maximum atomic E-state index is 13.5. The molecule has 2 aromatic carbocycles. The van der Waals surface area contributed by atoms with Crippen LogP contribution in [0.15, 0.2) is 36.4 Å². The molecule has 0 spiro atoms. The molecule has 2 aromatic rings. The summed E-state index contributed by atoms with van der Waals surface area (Å²) in [6.45, 7) is 2.75.